The molecule has 0 spiro atoms. The second-order valence-electron chi connectivity index (χ2n) is 6.02. The predicted molar refractivity (Wildman–Crippen MR) is 93.5 cm³/mol. The molecule has 2 rings (SSSR count). The summed E-state index contributed by atoms with van der Waals surface area (Å²) in [4.78, 5) is 24.8. The molecule has 0 saturated carbocycles. The average Bonchev–Trinajstić information content (AvgIpc) is 2.59. The van der Waals surface area contributed by atoms with Gasteiger partial charge in [-0.1, -0.05) is 38.1 Å². The lowest BCUT2D eigenvalue weighted by molar-refractivity contribution is -0.118. The third kappa shape index (κ3) is 4.87. The van der Waals surface area contributed by atoms with Gasteiger partial charge in [-0.3, -0.25) is 9.59 Å². The summed E-state index contributed by atoms with van der Waals surface area (Å²) >= 11 is 0. The van der Waals surface area contributed by atoms with Crippen molar-refractivity contribution in [1.82, 2.24) is 5.32 Å². The molecule has 0 heterocycles. The molecule has 0 radical (unpaired) electrons. The van der Waals surface area contributed by atoms with Gasteiger partial charge in [-0.2, -0.15) is 0 Å². The molecule has 0 aliphatic rings. The second kappa shape index (κ2) is 8.39. The molecule has 0 fully saturated rings. The Hall–Kier alpha value is -2.73. The van der Waals surface area contributed by atoms with Crippen LogP contribution in [0.5, 0.6) is 0 Å². The van der Waals surface area contributed by atoms with Crippen LogP contribution in [-0.2, 0) is 11.4 Å². The Balaban J connectivity index is 2.13. The molecule has 0 saturated heterocycles. The standard InChI is InChI=1S/C19H21FN2O3/c1-12(2)17(22-18(24)15-8-3-4-9-16(15)20)19(25)21-14-7-5-6-13(10-14)11-23/h3-10,12,17,23H,11H2,1-2H3,(H,21,25)(H,22,24). The van der Waals surface area contributed by atoms with Crippen LogP contribution >= 0.6 is 0 Å². The maximum absolute atomic E-state index is 13.7. The second-order valence-corrected chi connectivity index (χ2v) is 6.02. The average molecular weight is 344 g/mol. The van der Waals surface area contributed by atoms with E-state index in [0.29, 0.717) is 11.3 Å². The van der Waals surface area contributed by atoms with E-state index in [9.17, 15) is 14.0 Å². The number of carbonyl (C=O) groups excluding carboxylic acids is 2. The molecule has 5 nitrogen and oxygen atoms in total. The molecule has 0 aliphatic heterocycles. The summed E-state index contributed by atoms with van der Waals surface area (Å²) in [7, 11) is 0. The minimum Gasteiger partial charge on any atom is -0.392 e. The van der Waals surface area contributed by atoms with Crippen molar-refractivity contribution in [2.75, 3.05) is 5.32 Å². The molecule has 6 heteroatoms. The van der Waals surface area contributed by atoms with Gasteiger partial charge in [0.2, 0.25) is 5.91 Å². The van der Waals surface area contributed by atoms with Crippen molar-refractivity contribution < 1.29 is 19.1 Å². The molecule has 132 valence electrons. The summed E-state index contributed by atoms with van der Waals surface area (Å²) in [6, 6.07) is 11.6. The van der Waals surface area contributed by atoms with Gasteiger partial charge in [-0.05, 0) is 35.7 Å². The fourth-order valence-corrected chi connectivity index (χ4v) is 2.37. The highest BCUT2D eigenvalue weighted by Gasteiger charge is 2.25. The van der Waals surface area contributed by atoms with Crippen LogP contribution in [0.15, 0.2) is 48.5 Å². The predicted octanol–water partition coefficient (Wildman–Crippen LogP) is 2.71. The molecule has 0 aromatic heterocycles. The first-order valence-corrected chi connectivity index (χ1v) is 7.98. The molecule has 2 aromatic carbocycles. The highest BCUT2D eigenvalue weighted by Crippen LogP contribution is 2.14. The zero-order chi connectivity index (χ0) is 18.4. The van der Waals surface area contributed by atoms with E-state index in [1.54, 1.807) is 44.2 Å². The number of anilines is 1. The molecule has 1 unspecified atom stereocenters. The summed E-state index contributed by atoms with van der Waals surface area (Å²) < 4.78 is 13.7. The van der Waals surface area contributed by atoms with Gasteiger partial charge in [0.25, 0.3) is 5.91 Å². The molecule has 25 heavy (non-hydrogen) atoms. The van der Waals surface area contributed by atoms with Crippen LogP contribution < -0.4 is 10.6 Å². The fraction of sp³-hybridized carbons (Fsp3) is 0.263. The van der Waals surface area contributed by atoms with E-state index in [0.717, 1.165) is 0 Å². The van der Waals surface area contributed by atoms with Crippen molar-refractivity contribution >= 4 is 17.5 Å². The van der Waals surface area contributed by atoms with Crippen molar-refractivity contribution in [2.24, 2.45) is 5.92 Å². The van der Waals surface area contributed by atoms with E-state index in [-0.39, 0.29) is 18.1 Å². The van der Waals surface area contributed by atoms with Crippen LogP contribution in [0.3, 0.4) is 0 Å². The molecule has 2 amide bonds. The van der Waals surface area contributed by atoms with Gasteiger partial charge < -0.3 is 15.7 Å². The molecule has 0 bridgehead atoms. The number of halogens is 1. The topological polar surface area (TPSA) is 78.4 Å². The Morgan fingerprint density at radius 1 is 1.12 bits per heavy atom. The van der Waals surface area contributed by atoms with E-state index in [4.69, 9.17) is 5.11 Å². The molecular weight excluding hydrogens is 323 g/mol. The molecule has 3 N–H and O–H groups in total. The molecular formula is C19H21FN2O3. The normalized spacial score (nSPS) is 11.9. The molecule has 2 aromatic rings. The summed E-state index contributed by atoms with van der Waals surface area (Å²) in [5, 5.41) is 14.5. The number of aliphatic hydroxyl groups excluding tert-OH is 1. The van der Waals surface area contributed by atoms with E-state index in [1.165, 1.54) is 18.2 Å². The number of amides is 2. The smallest absolute Gasteiger partial charge is 0.254 e. The number of rotatable bonds is 6. The SMILES string of the molecule is CC(C)C(NC(=O)c1ccccc1F)C(=O)Nc1cccc(CO)c1. The summed E-state index contributed by atoms with van der Waals surface area (Å²) in [6.07, 6.45) is 0. The van der Waals surface area contributed by atoms with E-state index in [1.807, 2.05) is 0 Å². The van der Waals surface area contributed by atoms with E-state index in [2.05, 4.69) is 10.6 Å². The fourth-order valence-electron chi connectivity index (χ4n) is 2.37. The lowest BCUT2D eigenvalue weighted by Crippen LogP contribution is -2.47. The van der Waals surface area contributed by atoms with Crippen molar-refractivity contribution in [2.45, 2.75) is 26.5 Å². The van der Waals surface area contributed by atoms with Crippen LogP contribution in [0.1, 0.15) is 29.8 Å². The van der Waals surface area contributed by atoms with Gasteiger partial charge in [0.1, 0.15) is 11.9 Å². The minimum absolute atomic E-state index is 0.108. The first-order chi connectivity index (χ1) is 11.9. The van der Waals surface area contributed by atoms with Gasteiger partial charge in [0, 0.05) is 5.69 Å². The Bertz CT molecular complexity index is 762. The van der Waals surface area contributed by atoms with Crippen molar-refractivity contribution in [3.63, 3.8) is 0 Å². The zero-order valence-corrected chi connectivity index (χ0v) is 14.1. The zero-order valence-electron chi connectivity index (χ0n) is 14.1. The van der Waals surface area contributed by atoms with Crippen LogP contribution in [0.4, 0.5) is 10.1 Å². The van der Waals surface area contributed by atoms with Gasteiger partial charge >= 0.3 is 0 Å². The number of benzene rings is 2. The number of aliphatic hydroxyl groups is 1. The number of hydrogen-bond donors (Lipinski definition) is 3. The van der Waals surface area contributed by atoms with Crippen molar-refractivity contribution in [1.29, 1.82) is 0 Å². The summed E-state index contributed by atoms with van der Waals surface area (Å²) in [5.74, 6) is -1.89. The number of hydrogen-bond acceptors (Lipinski definition) is 3. The Morgan fingerprint density at radius 3 is 2.48 bits per heavy atom. The van der Waals surface area contributed by atoms with Gasteiger partial charge in [0.05, 0.1) is 12.2 Å². The molecule has 1 atom stereocenters. The largest absolute Gasteiger partial charge is 0.392 e. The summed E-state index contributed by atoms with van der Waals surface area (Å²) in [5.41, 5.74) is 1.07. The number of nitrogens with one attached hydrogen (secondary N) is 2. The minimum atomic E-state index is -0.829. The summed E-state index contributed by atoms with van der Waals surface area (Å²) in [6.45, 7) is 3.44. The quantitative estimate of drug-likeness (QED) is 0.754. The first kappa shape index (κ1) is 18.6. The Kier molecular flexibility index (Phi) is 6.25. The highest BCUT2D eigenvalue weighted by molar-refractivity contribution is 6.01. The monoisotopic (exact) mass is 344 g/mol. The Morgan fingerprint density at radius 2 is 1.84 bits per heavy atom. The van der Waals surface area contributed by atoms with E-state index >= 15 is 0 Å². The van der Waals surface area contributed by atoms with Gasteiger partial charge in [-0.15, -0.1) is 0 Å². The first-order valence-electron chi connectivity index (χ1n) is 7.98. The Labute approximate surface area is 145 Å². The van der Waals surface area contributed by atoms with Crippen LogP contribution in [-0.4, -0.2) is 23.0 Å². The number of carbonyl (C=O) groups is 2. The third-order valence-electron chi connectivity index (χ3n) is 3.73. The lowest BCUT2D eigenvalue weighted by Gasteiger charge is -2.22. The third-order valence-corrected chi connectivity index (χ3v) is 3.73. The van der Waals surface area contributed by atoms with E-state index < -0.39 is 23.7 Å². The maximum Gasteiger partial charge on any atom is 0.254 e. The highest BCUT2D eigenvalue weighted by atomic mass is 19.1. The van der Waals surface area contributed by atoms with Gasteiger partial charge in [0.15, 0.2) is 0 Å². The van der Waals surface area contributed by atoms with Gasteiger partial charge in [-0.25, -0.2) is 4.39 Å². The molecule has 0 aliphatic carbocycles. The van der Waals surface area contributed by atoms with Crippen LogP contribution in [0.25, 0.3) is 0 Å². The maximum atomic E-state index is 13.7. The van der Waals surface area contributed by atoms with Crippen molar-refractivity contribution in [3.05, 3.63) is 65.5 Å². The van der Waals surface area contributed by atoms with Crippen LogP contribution in [0, 0.1) is 11.7 Å². The lowest BCUT2D eigenvalue weighted by atomic mass is 10.0. The van der Waals surface area contributed by atoms with Crippen LogP contribution in [0.2, 0.25) is 0 Å². The van der Waals surface area contributed by atoms with Crippen molar-refractivity contribution in [3.8, 4) is 0 Å².